The summed E-state index contributed by atoms with van der Waals surface area (Å²) in [6.07, 6.45) is 1.25. The number of hydrogen-bond acceptors (Lipinski definition) is 12. The second-order valence-corrected chi connectivity index (χ2v) is 13.9. The molecule has 2 aromatic carbocycles. The SMILES string of the molecule is COc1ccc(OC)c(OC)c1CC[C@@H](OC(=O)[C@@H]1CCCCN1C(=O)C(=O)C(C)(C)COC(C)=O)c1cccc(OCC(=O)OC(C)(C)C)c1. The minimum absolute atomic E-state index is 0.185. The molecular weight excluding hydrogens is 662 g/mol. The van der Waals surface area contributed by atoms with Gasteiger partial charge in [-0.2, -0.15) is 0 Å². The Morgan fingerprint density at radius 2 is 1.59 bits per heavy atom. The molecule has 0 spiro atoms. The van der Waals surface area contributed by atoms with Crippen LogP contribution in [0.2, 0.25) is 0 Å². The first kappa shape index (κ1) is 40.6. The van der Waals surface area contributed by atoms with E-state index in [0.717, 1.165) is 0 Å². The highest BCUT2D eigenvalue weighted by molar-refractivity contribution is 6.38. The van der Waals surface area contributed by atoms with Crippen LogP contribution in [0.4, 0.5) is 0 Å². The van der Waals surface area contributed by atoms with Gasteiger partial charge in [-0.25, -0.2) is 9.59 Å². The number of hydrogen-bond donors (Lipinski definition) is 0. The van der Waals surface area contributed by atoms with Gasteiger partial charge in [0.1, 0.15) is 35.9 Å². The number of Topliss-reactive ketones (excluding diaryl/α,β-unsaturated/α-hetero) is 1. The van der Waals surface area contributed by atoms with Crippen molar-refractivity contribution in [1.82, 2.24) is 4.90 Å². The summed E-state index contributed by atoms with van der Waals surface area (Å²) in [6.45, 7) is 9.12. The van der Waals surface area contributed by atoms with Crippen molar-refractivity contribution in [1.29, 1.82) is 0 Å². The fourth-order valence-electron chi connectivity index (χ4n) is 5.69. The van der Waals surface area contributed by atoms with Crippen molar-refractivity contribution in [3.63, 3.8) is 0 Å². The Bertz CT molecular complexity index is 1560. The van der Waals surface area contributed by atoms with Gasteiger partial charge in [-0.3, -0.25) is 14.4 Å². The van der Waals surface area contributed by atoms with Crippen LogP contribution in [-0.4, -0.2) is 87.2 Å². The van der Waals surface area contributed by atoms with Crippen LogP contribution < -0.4 is 18.9 Å². The molecule has 0 saturated carbocycles. The molecule has 1 aliphatic heterocycles. The topological polar surface area (TPSA) is 153 Å². The monoisotopic (exact) mass is 713 g/mol. The highest BCUT2D eigenvalue weighted by Gasteiger charge is 2.42. The van der Waals surface area contributed by atoms with Crippen molar-refractivity contribution in [2.75, 3.05) is 41.1 Å². The van der Waals surface area contributed by atoms with Crippen molar-refractivity contribution >= 4 is 29.6 Å². The van der Waals surface area contributed by atoms with E-state index in [1.807, 2.05) is 0 Å². The fraction of sp³-hybridized carbons (Fsp3) is 0.553. The molecule has 1 heterocycles. The number of amides is 1. The van der Waals surface area contributed by atoms with Gasteiger partial charge in [0.2, 0.25) is 5.78 Å². The second-order valence-electron chi connectivity index (χ2n) is 13.9. The van der Waals surface area contributed by atoms with Crippen molar-refractivity contribution in [2.45, 2.75) is 91.4 Å². The Morgan fingerprint density at radius 3 is 2.22 bits per heavy atom. The smallest absolute Gasteiger partial charge is 0.344 e. The lowest BCUT2D eigenvalue weighted by molar-refractivity contribution is -0.165. The van der Waals surface area contributed by atoms with E-state index in [-0.39, 0.29) is 26.2 Å². The molecule has 0 N–H and O–H groups in total. The Kier molecular flexibility index (Phi) is 14.3. The second kappa shape index (κ2) is 17.9. The van der Waals surface area contributed by atoms with Gasteiger partial charge in [-0.05, 0) is 96.6 Å². The molecule has 0 bridgehead atoms. The number of rotatable bonds is 16. The van der Waals surface area contributed by atoms with E-state index in [1.165, 1.54) is 47.0 Å². The molecule has 3 rings (SSSR count). The zero-order valence-corrected chi connectivity index (χ0v) is 31.1. The Labute approximate surface area is 299 Å². The van der Waals surface area contributed by atoms with E-state index in [0.29, 0.717) is 59.8 Å². The quantitative estimate of drug-likeness (QED) is 0.128. The van der Waals surface area contributed by atoms with E-state index in [9.17, 15) is 24.0 Å². The Balaban J connectivity index is 1.93. The molecule has 1 aliphatic rings. The number of nitrogens with zero attached hydrogens (tertiary/aromatic N) is 1. The van der Waals surface area contributed by atoms with Crippen LogP contribution in [-0.2, 0) is 44.6 Å². The van der Waals surface area contributed by atoms with Gasteiger partial charge in [0.05, 0.1) is 26.7 Å². The van der Waals surface area contributed by atoms with E-state index < -0.39 is 52.8 Å². The van der Waals surface area contributed by atoms with Crippen LogP contribution in [0.5, 0.6) is 23.0 Å². The van der Waals surface area contributed by atoms with Gasteiger partial charge in [0, 0.05) is 19.0 Å². The maximum Gasteiger partial charge on any atom is 0.344 e. The van der Waals surface area contributed by atoms with E-state index in [1.54, 1.807) is 57.2 Å². The number of ketones is 1. The number of carbonyl (C=O) groups is 5. The van der Waals surface area contributed by atoms with Gasteiger partial charge in [-0.15, -0.1) is 0 Å². The molecule has 13 heteroatoms. The lowest BCUT2D eigenvalue weighted by Crippen LogP contribution is -2.53. The summed E-state index contributed by atoms with van der Waals surface area (Å²) < 4.78 is 39.1. The first-order valence-electron chi connectivity index (χ1n) is 16.9. The number of likely N-dealkylation sites (tertiary alicyclic amines) is 1. The molecule has 280 valence electrons. The molecule has 0 aromatic heterocycles. The molecule has 0 radical (unpaired) electrons. The van der Waals surface area contributed by atoms with E-state index in [2.05, 4.69) is 0 Å². The first-order chi connectivity index (χ1) is 24.0. The van der Waals surface area contributed by atoms with Crippen LogP contribution in [0.25, 0.3) is 0 Å². The van der Waals surface area contributed by atoms with E-state index in [4.69, 9.17) is 33.2 Å². The molecule has 51 heavy (non-hydrogen) atoms. The van der Waals surface area contributed by atoms with Crippen LogP contribution >= 0.6 is 0 Å². The molecule has 1 saturated heterocycles. The maximum absolute atomic E-state index is 14.0. The minimum atomic E-state index is -1.30. The molecule has 13 nitrogen and oxygen atoms in total. The zero-order valence-electron chi connectivity index (χ0n) is 31.1. The van der Waals surface area contributed by atoms with Crippen molar-refractivity contribution in [3.8, 4) is 23.0 Å². The van der Waals surface area contributed by atoms with Crippen LogP contribution in [0.3, 0.4) is 0 Å². The lowest BCUT2D eigenvalue weighted by Gasteiger charge is -2.36. The highest BCUT2D eigenvalue weighted by Crippen LogP contribution is 2.40. The van der Waals surface area contributed by atoms with Crippen LogP contribution in [0.15, 0.2) is 36.4 Å². The molecule has 1 amide bonds. The van der Waals surface area contributed by atoms with Gasteiger partial charge in [0.25, 0.3) is 5.91 Å². The molecule has 1 fully saturated rings. The van der Waals surface area contributed by atoms with Crippen molar-refractivity contribution in [3.05, 3.63) is 47.5 Å². The highest BCUT2D eigenvalue weighted by atomic mass is 16.6. The summed E-state index contributed by atoms with van der Waals surface area (Å²) in [5.41, 5.74) is -0.724. The average Bonchev–Trinajstić information content (AvgIpc) is 3.09. The number of esters is 3. The number of benzene rings is 2. The number of ether oxygens (including phenoxy) is 7. The summed E-state index contributed by atoms with van der Waals surface area (Å²) in [5.74, 6) is -1.54. The summed E-state index contributed by atoms with van der Waals surface area (Å²) >= 11 is 0. The zero-order chi connectivity index (χ0) is 37.9. The van der Waals surface area contributed by atoms with Crippen LogP contribution in [0.1, 0.15) is 84.5 Å². The van der Waals surface area contributed by atoms with E-state index >= 15 is 0 Å². The number of carbonyl (C=O) groups excluding carboxylic acids is 5. The Morgan fingerprint density at radius 1 is 0.902 bits per heavy atom. The summed E-state index contributed by atoms with van der Waals surface area (Å²) in [6, 6.07) is 9.30. The first-order valence-corrected chi connectivity index (χ1v) is 16.9. The van der Waals surface area contributed by atoms with Crippen LogP contribution in [0, 0.1) is 5.41 Å². The standard InChI is InChI=1S/C38H51NO12/c1-24(40)49-23-38(5,6)34(42)35(43)39-20-11-10-15-28(39)36(44)50-29(17-16-27-30(45-7)18-19-31(46-8)33(27)47-9)25-13-12-14-26(21-25)48-22-32(41)51-37(2,3)4/h12-14,18-19,21,28-29H,10-11,15-17,20,22-23H2,1-9H3/t28-,29+/m0/s1. The van der Waals surface area contributed by atoms with Crippen molar-refractivity contribution < 1.29 is 57.1 Å². The molecule has 2 atom stereocenters. The largest absolute Gasteiger partial charge is 0.496 e. The molecule has 0 unspecified atom stereocenters. The molecular formula is C38H51NO12. The van der Waals surface area contributed by atoms with Gasteiger partial charge in [0.15, 0.2) is 18.1 Å². The van der Waals surface area contributed by atoms with Crippen molar-refractivity contribution in [2.24, 2.45) is 5.41 Å². The summed E-state index contributed by atoms with van der Waals surface area (Å²) in [5, 5.41) is 0. The normalized spacial score (nSPS) is 15.2. The van der Waals surface area contributed by atoms with Gasteiger partial charge in [-0.1, -0.05) is 12.1 Å². The number of piperidine rings is 1. The Hall–Kier alpha value is -4.81. The maximum atomic E-state index is 14.0. The number of methoxy groups -OCH3 is 3. The predicted octanol–water partition coefficient (Wildman–Crippen LogP) is 5.19. The van der Waals surface area contributed by atoms with Gasteiger partial charge < -0.3 is 38.1 Å². The predicted molar refractivity (Wildman–Crippen MR) is 186 cm³/mol. The third kappa shape index (κ3) is 11.3. The third-order valence-corrected chi connectivity index (χ3v) is 8.23. The summed E-state index contributed by atoms with van der Waals surface area (Å²) in [4.78, 5) is 65.9. The minimum Gasteiger partial charge on any atom is -0.496 e. The fourth-order valence-corrected chi connectivity index (χ4v) is 5.69. The average molecular weight is 714 g/mol. The molecule has 2 aromatic rings. The summed E-state index contributed by atoms with van der Waals surface area (Å²) in [7, 11) is 4.59. The lowest BCUT2D eigenvalue weighted by atomic mass is 9.87. The third-order valence-electron chi connectivity index (χ3n) is 8.23. The molecule has 0 aliphatic carbocycles. The van der Waals surface area contributed by atoms with Gasteiger partial charge >= 0.3 is 17.9 Å².